The van der Waals surface area contributed by atoms with E-state index in [2.05, 4.69) is 15.3 Å². The Balaban J connectivity index is 2.04. The summed E-state index contributed by atoms with van der Waals surface area (Å²) in [6.07, 6.45) is 5.88. The second kappa shape index (κ2) is 7.93. The maximum atomic E-state index is 14.5. The number of fused-ring (bicyclic) bond motifs is 1. The molecule has 4 nitrogen and oxygen atoms in total. The molecule has 0 spiro atoms. The number of amidine groups is 1. The molecule has 0 saturated heterocycles. The summed E-state index contributed by atoms with van der Waals surface area (Å²) in [4.78, 5) is 8.25. The predicted octanol–water partition coefficient (Wildman–Crippen LogP) is 4.14. The average molecular weight is 375 g/mol. The van der Waals surface area contributed by atoms with Crippen molar-refractivity contribution in [2.24, 2.45) is 10.7 Å². The topological polar surface area (TPSA) is 63.3 Å². The van der Waals surface area contributed by atoms with Crippen LogP contribution in [0.15, 0.2) is 35.6 Å². The van der Waals surface area contributed by atoms with Gasteiger partial charge in [0.2, 0.25) is 0 Å². The van der Waals surface area contributed by atoms with Gasteiger partial charge in [-0.25, -0.2) is 4.39 Å². The Labute approximate surface area is 156 Å². The van der Waals surface area contributed by atoms with Gasteiger partial charge in [-0.2, -0.15) is 4.99 Å². The van der Waals surface area contributed by atoms with Crippen molar-refractivity contribution < 1.29 is 4.39 Å². The van der Waals surface area contributed by atoms with E-state index in [9.17, 15) is 4.39 Å². The van der Waals surface area contributed by atoms with Gasteiger partial charge in [-0.1, -0.05) is 18.7 Å². The molecule has 0 saturated carbocycles. The maximum absolute atomic E-state index is 14.5. The first-order chi connectivity index (χ1) is 12.1. The normalized spacial score (nSPS) is 13.6. The van der Waals surface area contributed by atoms with Crippen molar-refractivity contribution >= 4 is 39.9 Å². The molecule has 130 valence electrons. The third kappa shape index (κ3) is 3.99. The maximum Gasteiger partial charge on any atom is 0.199 e. The van der Waals surface area contributed by atoms with Gasteiger partial charge in [-0.05, 0) is 72.1 Å². The molecule has 1 aliphatic rings. The zero-order valence-electron chi connectivity index (χ0n) is 13.9. The number of hydrogen-bond acceptors (Lipinski definition) is 3. The van der Waals surface area contributed by atoms with Crippen LogP contribution in [-0.4, -0.2) is 21.0 Å². The third-order valence-electron chi connectivity index (χ3n) is 4.08. The summed E-state index contributed by atoms with van der Waals surface area (Å²) in [7, 11) is 0. The number of aromatic nitrogens is 1. The molecule has 1 aromatic heterocycles. The molecule has 7 heteroatoms. The van der Waals surface area contributed by atoms with Crippen molar-refractivity contribution in [3.8, 4) is 11.1 Å². The molecular weight excluding hydrogens is 355 g/mol. The number of rotatable bonds is 3. The second-order valence-corrected chi connectivity index (χ2v) is 7.31. The standard InChI is InChI=1S/C18H19FN4S2/c1-2-25-17(20)23-18(24)22-16-13-5-3-4-12(13)15(19)10-14(16)11-6-8-21-9-7-11/h6-10H,2-5H2,1H3,(H3,20,22,23,24). The van der Waals surface area contributed by atoms with Crippen LogP contribution in [0.1, 0.15) is 24.5 Å². The fourth-order valence-corrected chi connectivity index (χ4v) is 3.76. The number of thiocarbonyl (C=S) groups is 1. The van der Waals surface area contributed by atoms with Crippen LogP contribution >= 0.6 is 24.0 Å². The number of benzene rings is 1. The summed E-state index contributed by atoms with van der Waals surface area (Å²) in [6, 6.07) is 5.28. The molecule has 25 heavy (non-hydrogen) atoms. The molecule has 0 bridgehead atoms. The Bertz CT molecular complexity index is 822. The Hall–Kier alpha value is -1.99. The lowest BCUT2D eigenvalue weighted by molar-refractivity contribution is 0.613. The predicted molar refractivity (Wildman–Crippen MR) is 108 cm³/mol. The lowest BCUT2D eigenvalue weighted by atomic mass is 9.97. The van der Waals surface area contributed by atoms with Crippen molar-refractivity contribution in [1.82, 2.24) is 4.98 Å². The largest absolute Gasteiger partial charge is 0.378 e. The molecule has 0 fully saturated rings. The molecular formula is C18H19FN4S2. The molecule has 0 radical (unpaired) electrons. The van der Waals surface area contributed by atoms with Crippen LogP contribution in [0.4, 0.5) is 10.1 Å². The van der Waals surface area contributed by atoms with E-state index in [0.29, 0.717) is 5.17 Å². The van der Waals surface area contributed by atoms with Crippen LogP contribution in [0.5, 0.6) is 0 Å². The van der Waals surface area contributed by atoms with Crippen LogP contribution in [0.2, 0.25) is 0 Å². The number of nitrogens with zero attached hydrogens (tertiary/aromatic N) is 2. The fraction of sp³-hybridized carbons (Fsp3) is 0.278. The molecule has 0 atom stereocenters. The highest BCUT2D eigenvalue weighted by molar-refractivity contribution is 8.13. The minimum absolute atomic E-state index is 0.166. The van der Waals surface area contributed by atoms with E-state index >= 15 is 0 Å². The van der Waals surface area contributed by atoms with E-state index in [1.165, 1.54) is 11.8 Å². The minimum atomic E-state index is -0.166. The number of thioether (sulfide) groups is 1. The molecule has 0 amide bonds. The van der Waals surface area contributed by atoms with Crippen LogP contribution in [0, 0.1) is 5.82 Å². The Morgan fingerprint density at radius 2 is 2.08 bits per heavy atom. The number of halogens is 1. The van der Waals surface area contributed by atoms with Gasteiger partial charge in [0.05, 0.1) is 5.69 Å². The van der Waals surface area contributed by atoms with Crippen molar-refractivity contribution in [3.63, 3.8) is 0 Å². The lowest BCUT2D eigenvalue weighted by Crippen LogP contribution is -2.16. The van der Waals surface area contributed by atoms with Gasteiger partial charge in [-0.3, -0.25) is 4.98 Å². The quantitative estimate of drug-likeness (QED) is 0.480. The number of aliphatic imine (C=N–C) groups is 1. The Morgan fingerprint density at radius 1 is 1.36 bits per heavy atom. The van der Waals surface area contributed by atoms with Gasteiger partial charge >= 0.3 is 0 Å². The number of pyridine rings is 1. The second-order valence-electron chi connectivity index (χ2n) is 5.64. The van der Waals surface area contributed by atoms with Crippen molar-refractivity contribution in [1.29, 1.82) is 0 Å². The molecule has 1 heterocycles. The summed E-state index contributed by atoms with van der Waals surface area (Å²) in [6.45, 7) is 2.00. The molecule has 3 rings (SSSR count). The average Bonchev–Trinajstić information content (AvgIpc) is 3.08. The summed E-state index contributed by atoms with van der Waals surface area (Å²) in [5.74, 6) is 0.659. The molecule has 0 aliphatic heterocycles. The van der Waals surface area contributed by atoms with E-state index < -0.39 is 0 Å². The van der Waals surface area contributed by atoms with Crippen molar-refractivity contribution in [2.45, 2.75) is 26.2 Å². The first-order valence-electron chi connectivity index (χ1n) is 8.12. The van der Waals surface area contributed by atoms with E-state index in [-0.39, 0.29) is 10.9 Å². The first kappa shape index (κ1) is 17.8. The molecule has 1 aliphatic carbocycles. The third-order valence-corrected chi connectivity index (χ3v) is 4.94. The summed E-state index contributed by atoms with van der Waals surface area (Å²) >= 11 is 6.77. The number of nitrogens with two attached hydrogens (primary N) is 1. The number of hydrogen-bond donors (Lipinski definition) is 2. The van der Waals surface area contributed by atoms with Crippen molar-refractivity contribution in [2.75, 3.05) is 11.1 Å². The van der Waals surface area contributed by atoms with E-state index in [4.69, 9.17) is 18.0 Å². The lowest BCUT2D eigenvalue weighted by Gasteiger charge is -2.17. The number of anilines is 1. The number of nitrogens with one attached hydrogen (secondary N) is 1. The highest BCUT2D eigenvalue weighted by Gasteiger charge is 2.23. The molecule has 1 aromatic carbocycles. The van der Waals surface area contributed by atoms with Gasteiger partial charge < -0.3 is 11.1 Å². The fourth-order valence-electron chi connectivity index (χ4n) is 3.05. The molecule has 3 N–H and O–H groups in total. The highest BCUT2D eigenvalue weighted by Crippen LogP contribution is 2.39. The van der Waals surface area contributed by atoms with E-state index in [1.54, 1.807) is 18.5 Å². The summed E-state index contributed by atoms with van der Waals surface area (Å²) < 4.78 is 14.5. The molecule has 0 unspecified atom stereocenters. The first-order valence-corrected chi connectivity index (χ1v) is 9.52. The van der Waals surface area contributed by atoms with Gasteiger partial charge in [0.1, 0.15) is 5.82 Å². The molecule has 2 aromatic rings. The highest BCUT2D eigenvalue weighted by atomic mass is 32.2. The van der Waals surface area contributed by atoms with Crippen LogP contribution in [-0.2, 0) is 12.8 Å². The minimum Gasteiger partial charge on any atom is -0.378 e. The van der Waals surface area contributed by atoms with Gasteiger partial charge in [0.25, 0.3) is 0 Å². The van der Waals surface area contributed by atoms with Crippen molar-refractivity contribution in [3.05, 3.63) is 47.5 Å². The van der Waals surface area contributed by atoms with E-state index in [0.717, 1.165) is 53.0 Å². The SMILES string of the molecule is CCSC(N)=NC(=S)Nc1c(-c2ccncc2)cc(F)c2c1CCC2. The zero-order valence-corrected chi connectivity index (χ0v) is 15.5. The van der Waals surface area contributed by atoms with Crippen LogP contribution < -0.4 is 11.1 Å². The summed E-state index contributed by atoms with van der Waals surface area (Å²) in [5, 5.41) is 3.90. The zero-order chi connectivity index (χ0) is 17.8. The van der Waals surface area contributed by atoms with Gasteiger partial charge in [0, 0.05) is 18.0 Å². The van der Waals surface area contributed by atoms with Crippen LogP contribution in [0.3, 0.4) is 0 Å². The monoisotopic (exact) mass is 374 g/mol. The Morgan fingerprint density at radius 3 is 2.80 bits per heavy atom. The van der Waals surface area contributed by atoms with Gasteiger partial charge in [0.15, 0.2) is 10.3 Å². The smallest absolute Gasteiger partial charge is 0.199 e. The van der Waals surface area contributed by atoms with E-state index in [1.807, 2.05) is 19.1 Å². The summed E-state index contributed by atoms with van der Waals surface area (Å²) in [5.41, 5.74) is 10.1. The Kier molecular flexibility index (Phi) is 5.65. The van der Waals surface area contributed by atoms with Gasteiger partial charge in [-0.15, -0.1) is 0 Å². The van der Waals surface area contributed by atoms with Crippen LogP contribution in [0.25, 0.3) is 11.1 Å².